The van der Waals surface area contributed by atoms with Crippen molar-refractivity contribution in [3.63, 3.8) is 0 Å². The molecule has 0 unspecified atom stereocenters. The lowest BCUT2D eigenvalue weighted by Gasteiger charge is -2.16. The smallest absolute Gasteiger partial charge is 0.162 e. The van der Waals surface area contributed by atoms with Gasteiger partial charge in [-0.1, -0.05) is 17.3 Å². The number of hydrogen-bond acceptors (Lipinski definition) is 4. The average molecular weight is 261 g/mol. The van der Waals surface area contributed by atoms with E-state index in [0.29, 0.717) is 6.10 Å². The average Bonchev–Trinajstić information content (AvgIpc) is 2.92. The summed E-state index contributed by atoms with van der Waals surface area (Å²) >= 11 is 0. The summed E-state index contributed by atoms with van der Waals surface area (Å²) in [4.78, 5) is 0. The van der Waals surface area contributed by atoms with Crippen molar-refractivity contribution in [2.24, 2.45) is 5.16 Å². The number of rotatable bonds is 5. The van der Waals surface area contributed by atoms with Gasteiger partial charge < -0.3 is 14.7 Å². The van der Waals surface area contributed by atoms with Crippen LogP contribution in [0, 0.1) is 0 Å². The molecule has 1 saturated carbocycles. The predicted molar refractivity (Wildman–Crippen MR) is 75.2 cm³/mol. The second kappa shape index (κ2) is 6.83. The molecule has 0 amide bonds. The summed E-state index contributed by atoms with van der Waals surface area (Å²) in [5.74, 6) is 1.53. The minimum Gasteiger partial charge on any atom is -0.493 e. The molecule has 0 bridgehead atoms. The molecule has 0 aromatic heterocycles. The highest BCUT2D eigenvalue weighted by atomic mass is 16.5. The van der Waals surface area contributed by atoms with Gasteiger partial charge in [0.05, 0.1) is 19.4 Å². The van der Waals surface area contributed by atoms with Crippen LogP contribution in [-0.4, -0.2) is 24.6 Å². The SMILES string of the molecule is COc1ccc(/C=C\C=N\O)cc1OC1CCCC1. The molecule has 2 rings (SSSR count). The molecule has 19 heavy (non-hydrogen) atoms. The molecule has 4 heteroatoms. The molecule has 0 aliphatic heterocycles. The Bertz CT molecular complexity index is 462. The van der Waals surface area contributed by atoms with Gasteiger partial charge in [0.2, 0.25) is 0 Å². The van der Waals surface area contributed by atoms with Crippen molar-refractivity contribution in [1.82, 2.24) is 0 Å². The molecule has 1 aromatic rings. The maximum atomic E-state index is 8.34. The van der Waals surface area contributed by atoms with E-state index in [9.17, 15) is 0 Å². The van der Waals surface area contributed by atoms with Gasteiger partial charge in [-0.15, -0.1) is 0 Å². The maximum Gasteiger partial charge on any atom is 0.162 e. The standard InChI is InChI=1S/C15H19NO3/c1-18-14-9-8-12(5-4-10-16-17)11-15(14)19-13-6-2-3-7-13/h4-5,8-11,13,17H,2-3,6-7H2,1H3/b5-4-,16-10+. The molecule has 102 valence electrons. The van der Waals surface area contributed by atoms with E-state index in [1.54, 1.807) is 13.2 Å². The van der Waals surface area contributed by atoms with E-state index < -0.39 is 0 Å². The first kappa shape index (κ1) is 13.5. The van der Waals surface area contributed by atoms with Crippen LogP contribution >= 0.6 is 0 Å². The van der Waals surface area contributed by atoms with Gasteiger partial charge in [-0.3, -0.25) is 0 Å². The van der Waals surface area contributed by atoms with Gasteiger partial charge >= 0.3 is 0 Å². The van der Waals surface area contributed by atoms with Gasteiger partial charge in [-0.2, -0.15) is 0 Å². The zero-order valence-electron chi connectivity index (χ0n) is 11.1. The molecule has 1 aromatic carbocycles. The van der Waals surface area contributed by atoms with E-state index in [2.05, 4.69) is 5.16 Å². The third-order valence-electron chi connectivity index (χ3n) is 3.22. The summed E-state index contributed by atoms with van der Waals surface area (Å²) < 4.78 is 11.3. The number of oxime groups is 1. The minimum absolute atomic E-state index is 0.298. The molecule has 0 atom stereocenters. The van der Waals surface area contributed by atoms with E-state index in [1.807, 2.05) is 24.3 Å². The van der Waals surface area contributed by atoms with Crippen LogP contribution in [0.1, 0.15) is 31.2 Å². The Morgan fingerprint density at radius 1 is 1.26 bits per heavy atom. The van der Waals surface area contributed by atoms with Crippen LogP contribution in [0.3, 0.4) is 0 Å². The zero-order chi connectivity index (χ0) is 13.5. The number of methoxy groups -OCH3 is 1. The fourth-order valence-corrected chi connectivity index (χ4v) is 2.27. The number of nitrogens with zero attached hydrogens (tertiary/aromatic N) is 1. The van der Waals surface area contributed by atoms with Crippen LogP contribution in [-0.2, 0) is 0 Å². The van der Waals surface area contributed by atoms with Crippen LogP contribution in [0.4, 0.5) is 0 Å². The second-order valence-corrected chi connectivity index (χ2v) is 4.56. The first-order valence-electron chi connectivity index (χ1n) is 6.52. The van der Waals surface area contributed by atoms with Crippen LogP contribution in [0.2, 0.25) is 0 Å². The van der Waals surface area contributed by atoms with Crippen molar-refractivity contribution in [2.75, 3.05) is 7.11 Å². The Balaban J connectivity index is 2.15. The van der Waals surface area contributed by atoms with Crippen LogP contribution in [0.5, 0.6) is 11.5 Å². The molecule has 1 aliphatic rings. The highest BCUT2D eigenvalue weighted by Crippen LogP contribution is 2.32. The minimum atomic E-state index is 0.298. The maximum absolute atomic E-state index is 8.34. The van der Waals surface area contributed by atoms with Crippen molar-refractivity contribution in [3.8, 4) is 11.5 Å². The first-order valence-corrected chi connectivity index (χ1v) is 6.52. The van der Waals surface area contributed by atoms with Crippen molar-refractivity contribution in [3.05, 3.63) is 29.8 Å². The van der Waals surface area contributed by atoms with E-state index >= 15 is 0 Å². The van der Waals surface area contributed by atoms with Crippen LogP contribution in [0.25, 0.3) is 6.08 Å². The molecule has 0 spiro atoms. The third kappa shape index (κ3) is 3.74. The Hall–Kier alpha value is -1.97. The first-order chi connectivity index (χ1) is 9.33. The van der Waals surface area contributed by atoms with Gasteiger partial charge in [-0.25, -0.2) is 0 Å². The quantitative estimate of drug-likeness (QED) is 0.501. The second-order valence-electron chi connectivity index (χ2n) is 4.56. The molecule has 1 N–H and O–H groups in total. The molecule has 1 aliphatic carbocycles. The summed E-state index contributed by atoms with van der Waals surface area (Å²) in [5, 5.41) is 11.3. The number of ether oxygens (including phenoxy) is 2. The van der Waals surface area contributed by atoms with E-state index in [-0.39, 0.29) is 0 Å². The highest BCUT2D eigenvalue weighted by Gasteiger charge is 2.18. The van der Waals surface area contributed by atoms with Gasteiger partial charge in [0.15, 0.2) is 11.5 Å². The predicted octanol–water partition coefficient (Wildman–Crippen LogP) is 3.49. The van der Waals surface area contributed by atoms with E-state index in [0.717, 1.165) is 29.9 Å². The fourth-order valence-electron chi connectivity index (χ4n) is 2.27. The van der Waals surface area contributed by atoms with Crippen molar-refractivity contribution in [1.29, 1.82) is 0 Å². The lowest BCUT2D eigenvalue weighted by atomic mass is 10.2. The fraction of sp³-hybridized carbons (Fsp3) is 0.400. The van der Waals surface area contributed by atoms with Crippen molar-refractivity contribution in [2.45, 2.75) is 31.8 Å². The van der Waals surface area contributed by atoms with Gasteiger partial charge in [0.25, 0.3) is 0 Å². The van der Waals surface area contributed by atoms with Gasteiger partial charge in [0, 0.05) is 0 Å². The molecule has 0 radical (unpaired) electrons. The number of allylic oxidation sites excluding steroid dienone is 1. The lowest BCUT2D eigenvalue weighted by Crippen LogP contribution is -2.11. The van der Waals surface area contributed by atoms with Crippen molar-refractivity contribution < 1.29 is 14.7 Å². The molecule has 0 heterocycles. The molecular formula is C15H19NO3. The summed E-state index contributed by atoms with van der Waals surface area (Å²) in [6.07, 6.45) is 9.83. The summed E-state index contributed by atoms with van der Waals surface area (Å²) in [6, 6.07) is 5.76. The zero-order valence-corrected chi connectivity index (χ0v) is 11.1. The summed E-state index contributed by atoms with van der Waals surface area (Å²) in [6.45, 7) is 0. The lowest BCUT2D eigenvalue weighted by molar-refractivity contribution is 0.201. The van der Waals surface area contributed by atoms with Gasteiger partial charge in [-0.05, 0) is 49.5 Å². The normalized spacial score (nSPS) is 16.5. The Kier molecular flexibility index (Phi) is 4.84. The van der Waals surface area contributed by atoms with Crippen molar-refractivity contribution >= 4 is 12.3 Å². The molecular weight excluding hydrogens is 242 g/mol. The molecule has 0 saturated heterocycles. The number of hydrogen-bond donors (Lipinski definition) is 1. The summed E-state index contributed by atoms with van der Waals surface area (Å²) in [7, 11) is 1.64. The van der Waals surface area contributed by atoms with Crippen LogP contribution < -0.4 is 9.47 Å². The third-order valence-corrected chi connectivity index (χ3v) is 3.22. The Morgan fingerprint density at radius 3 is 2.74 bits per heavy atom. The van der Waals surface area contributed by atoms with Crippen LogP contribution in [0.15, 0.2) is 29.4 Å². The highest BCUT2D eigenvalue weighted by molar-refractivity contribution is 5.78. The Morgan fingerprint density at radius 2 is 2.05 bits per heavy atom. The Labute approximate surface area is 113 Å². The topological polar surface area (TPSA) is 51.0 Å². The largest absolute Gasteiger partial charge is 0.493 e. The summed E-state index contributed by atoms with van der Waals surface area (Å²) in [5.41, 5.74) is 0.980. The molecule has 4 nitrogen and oxygen atoms in total. The number of benzene rings is 1. The monoisotopic (exact) mass is 261 g/mol. The van der Waals surface area contributed by atoms with E-state index in [4.69, 9.17) is 14.7 Å². The van der Waals surface area contributed by atoms with E-state index in [1.165, 1.54) is 19.1 Å². The molecule has 1 fully saturated rings. The van der Waals surface area contributed by atoms with Gasteiger partial charge in [0.1, 0.15) is 0 Å².